The Bertz CT molecular complexity index is 264. The van der Waals surface area contributed by atoms with Crippen molar-refractivity contribution < 1.29 is 19.1 Å². The summed E-state index contributed by atoms with van der Waals surface area (Å²) in [7, 11) is 0. The fourth-order valence-electron chi connectivity index (χ4n) is 0.775. The van der Waals surface area contributed by atoms with E-state index in [1.807, 2.05) is 0 Å². The molecule has 4 nitrogen and oxygen atoms in total. The Kier molecular flexibility index (Phi) is 2.88. The summed E-state index contributed by atoms with van der Waals surface area (Å²) in [6, 6.07) is 3.01. The standard InChI is InChI=1S/C8H10O4/c1-2-11-8(10)7-4-3-6(5-9)12-7/h3-4,9H,2,5H2,1H3. The molecule has 0 aromatic carbocycles. The third-order valence-electron chi connectivity index (χ3n) is 1.29. The zero-order valence-corrected chi connectivity index (χ0v) is 6.74. The maximum absolute atomic E-state index is 11.0. The molecule has 66 valence electrons. The van der Waals surface area contributed by atoms with Crippen LogP contribution in [0.5, 0.6) is 0 Å². The molecule has 4 heteroatoms. The highest BCUT2D eigenvalue weighted by Gasteiger charge is 2.10. The lowest BCUT2D eigenvalue weighted by Gasteiger charge is -1.96. The van der Waals surface area contributed by atoms with Crippen LogP contribution >= 0.6 is 0 Å². The SMILES string of the molecule is CCOC(=O)c1ccc(CO)o1. The highest BCUT2D eigenvalue weighted by molar-refractivity contribution is 5.86. The Hall–Kier alpha value is -1.29. The van der Waals surface area contributed by atoms with E-state index < -0.39 is 5.97 Å². The van der Waals surface area contributed by atoms with E-state index >= 15 is 0 Å². The predicted molar refractivity (Wildman–Crippen MR) is 40.6 cm³/mol. The number of aliphatic hydroxyl groups excluding tert-OH is 1. The lowest BCUT2D eigenvalue weighted by molar-refractivity contribution is 0.0485. The molecule has 1 N–H and O–H groups in total. The van der Waals surface area contributed by atoms with Crippen molar-refractivity contribution in [3.05, 3.63) is 23.7 Å². The van der Waals surface area contributed by atoms with Crippen LogP contribution in [0.3, 0.4) is 0 Å². The number of furan rings is 1. The van der Waals surface area contributed by atoms with Crippen molar-refractivity contribution in [1.82, 2.24) is 0 Å². The largest absolute Gasteiger partial charge is 0.460 e. The molecular weight excluding hydrogens is 160 g/mol. The molecule has 0 aliphatic rings. The maximum atomic E-state index is 11.0. The van der Waals surface area contributed by atoms with Gasteiger partial charge in [0.1, 0.15) is 12.4 Å². The molecule has 1 aromatic rings. The predicted octanol–water partition coefficient (Wildman–Crippen LogP) is 0.949. The number of ether oxygens (including phenoxy) is 1. The third-order valence-corrected chi connectivity index (χ3v) is 1.29. The van der Waals surface area contributed by atoms with Crippen LogP contribution in [0.1, 0.15) is 23.2 Å². The van der Waals surface area contributed by atoms with Crippen LogP contribution in [0.4, 0.5) is 0 Å². The highest BCUT2D eigenvalue weighted by Crippen LogP contribution is 2.08. The van der Waals surface area contributed by atoms with Gasteiger partial charge in [0.2, 0.25) is 5.76 Å². The van der Waals surface area contributed by atoms with Gasteiger partial charge in [-0.25, -0.2) is 4.79 Å². The maximum Gasteiger partial charge on any atom is 0.374 e. The van der Waals surface area contributed by atoms with Gasteiger partial charge < -0.3 is 14.3 Å². The number of carbonyl (C=O) groups is 1. The van der Waals surface area contributed by atoms with Crippen LogP contribution in [0, 0.1) is 0 Å². The number of aliphatic hydroxyl groups is 1. The number of hydrogen-bond donors (Lipinski definition) is 1. The second kappa shape index (κ2) is 3.92. The Labute approximate surface area is 69.8 Å². The number of esters is 1. The van der Waals surface area contributed by atoms with Gasteiger partial charge in [-0.15, -0.1) is 0 Å². The van der Waals surface area contributed by atoms with Gasteiger partial charge in [0.05, 0.1) is 6.61 Å². The van der Waals surface area contributed by atoms with E-state index in [4.69, 9.17) is 9.52 Å². The lowest BCUT2D eigenvalue weighted by atomic mass is 10.4. The van der Waals surface area contributed by atoms with E-state index in [0.29, 0.717) is 12.4 Å². The first-order valence-corrected chi connectivity index (χ1v) is 3.64. The van der Waals surface area contributed by atoms with E-state index in [-0.39, 0.29) is 12.4 Å². The van der Waals surface area contributed by atoms with Gasteiger partial charge >= 0.3 is 5.97 Å². The van der Waals surface area contributed by atoms with Gasteiger partial charge in [0.25, 0.3) is 0 Å². The van der Waals surface area contributed by atoms with Crippen molar-refractivity contribution in [2.24, 2.45) is 0 Å². The molecular formula is C8H10O4. The van der Waals surface area contributed by atoms with Crippen molar-refractivity contribution in [2.45, 2.75) is 13.5 Å². The van der Waals surface area contributed by atoms with Gasteiger partial charge in [-0.05, 0) is 19.1 Å². The quantitative estimate of drug-likeness (QED) is 0.686. The van der Waals surface area contributed by atoms with Crippen LogP contribution < -0.4 is 0 Å². The molecule has 0 aliphatic carbocycles. The molecule has 0 aliphatic heterocycles. The first-order chi connectivity index (χ1) is 5.77. The van der Waals surface area contributed by atoms with Crippen LogP contribution in [0.25, 0.3) is 0 Å². The Balaban J connectivity index is 2.68. The topological polar surface area (TPSA) is 59.7 Å². The summed E-state index contributed by atoms with van der Waals surface area (Å²) in [4.78, 5) is 11.0. The summed E-state index contributed by atoms with van der Waals surface area (Å²) < 4.78 is 9.59. The first kappa shape index (κ1) is 8.80. The molecule has 0 unspecified atom stereocenters. The number of rotatable bonds is 3. The second-order valence-electron chi connectivity index (χ2n) is 2.14. The zero-order valence-electron chi connectivity index (χ0n) is 6.74. The van der Waals surface area contributed by atoms with Gasteiger partial charge in [-0.2, -0.15) is 0 Å². The fraction of sp³-hybridized carbons (Fsp3) is 0.375. The van der Waals surface area contributed by atoms with Crippen LogP contribution in [-0.4, -0.2) is 17.7 Å². The third kappa shape index (κ3) is 1.85. The fourth-order valence-corrected chi connectivity index (χ4v) is 0.775. The molecule has 0 saturated heterocycles. The minimum atomic E-state index is -0.503. The normalized spacial score (nSPS) is 9.83. The molecule has 0 atom stereocenters. The summed E-state index contributed by atoms with van der Waals surface area (Å²) >= 11 is 0. The molecule has 0 spiro atoms. The van der Waals surface area contributed by atoms with E-state index in [1.165, 1.54) is 12.1 Å². The summed E-state index contributed by atoms with van der Waals surface area (Å²) in [6.45, 7) is 1.82. The van der Waals surface area contributed by atoms with Gasteiger partial charge in [-0.3, -0.25) is 0 Å². The molecule has 0 radical (unpaired) electrons. The Morgan fingerprint density at radius 1 is 1.67 bits per heavy atom. The zero-order chi connectivity index (χ0) is 8.97. The van der Waals surface area contributed by atoms with Crippen LogP contribution in [0.2, 0.25) is 0 Å². The molecule has 1 rings (SSSR count). The monoisotopic (exact) mass is 170 g/mol. The summed E-state index contributed by atoms with van der Waals surface area (Å²) in [5.74, 6) is -0.0175. The van der Waals surface area contributed by atoms with Gasteiger partial charge in [0.15, 0.2) is 0 Å². The minimum absolute atomic E-state index is 0.126. The summed E-state index contributed by atoms with van der Waals surface area (Å²) in [5.41, 5.74) is 0. The van der Waals surface area contributed by atoms with Crippen molar-refractivity contribution >= 4 is 5.97 Å². The van der Waals surface area contributed by atoms with E-state index in [0.717, 1.165) is 0 Å². The number of hydrogen-bond acceptors (Lipinski definition) is 4. The molecule has 0 fully saturated rings. The Morgan fingerprint density at radius 2 is 2.42 bits per heavy atom. The Morgan fingerprint density at radius 3 is 2.92 bits per heavy atom. The molecule has 12 heavy (non-hydrogen) atoms. The van der Waals surface area contributed by atoms with Crippen molar-refractivity contribution in [3.8, 4) is 0 Å². The molecule has 1 heterocycles. The van der Waals surface area contributed by atoms with Crippen LogP contribution in [-0.2, 0) is 11.3 Å². The number of carbonyl (C=O) groups excluding carboxylic acids is 1. The van der Waals surface area contributed by atoms with Crippen molar-refractivity contribution in [3.63, 3.8) is 0 Å². The summed E-state index contributed by atoms with van der Waals surface area (Å²) in [6.07, 6.45) is 0. The van der Waals surface area contributed by atoms with Crippen LogP contribution in [0.15, 0.2) is 16.5 Å². The summed E-state index contributed by atoms with van der Waals surface area (Å²) in [5, 5.41) is 8.62. The average Bonchev–Trinajstić information content (AvgIpc) is 2.52. The van der Waals surface area contributed by atoms with Gasteiger partial charge in [-0.1, -0.05) is 0 Å². The highest BCUT2D eigenvalue weighted by atomic mass is 16.5. The van der Waals surface area contributed by atoms with Crippen molar-refractivity contribution in [2.75, 3.05) is 6.61 Å². The second-order valence-corrected chi connectivity index (χ2v) is 2.14. The van der Waals surface area contributed by atoms with E-state index in [2.05, 4.69) is 4.74 Å². The molecule has 1 aromatic heterocycles. The van der Waals surface area contributed by atoms with E-state index in [9.17, 15) is 4.79 Å². The minimum Gasteiger partial charge on any atom is -0.460 e. The van der Waals surface area contributed by atoms with Gasteiger partial charge in [0, 0.05) is 0 Å². The van der Waals surface area contributed by atoms with Crippen molar-refractivity contribution in [1.29, 1.82) is 0 Å². The average molecular weight is 170 g/mol. The smallest absolute Gasteiger partial charge is 0.374 e. The molecule has 0 amide bonds. The lowest BCUT2D eigenvalue weighted by Crippen LogP contribution is -2.02. The molecule has 0 saturated carbocycles. The molecule has 0 bridgehead atoms. The first-order valence-electron chi connectivity index (χ1n) is 3.64. The van der Waals surface area contributed by atoms with E-state index in [1.54, 1.807) is 6.92 Å².